The molecule has 0 saturated heterocycles. The van der Waals surface area contributed by atoms with Crippen LogP contribution in [0.15, 0.2) is 79.0 Å². The van der Waals surface area contributed by atoms with Crippen LogP contribution in [0.4, 0.5) is 0 Å². The fourth-order valence-corrected chi connectivity index (χ4v) is 2.69. The molecule has 0 aliphatic carbocycles. The summed E-state index contributed by atoms with van der Waals surface area (Å²) in [5, 5.41) is 2.86. The first-order valence-electron chi connectivity index (χ1n) is 8.23. The fourth-order valence-electron chi connectivity index (χ4n) is 2.69. The van der Waals surface area contributed by atoms with Crippen molar-refractivity contribution in [3.05, 3.63) is 96.1 Å². The maximum Gasteiger partial charge on any atom is 0.246 e. The van der Waals surface area contributed by atoms with Gasteiger partial charge in [0, 0.05) is 29.6 Å². The monoisotopic (exact) mass is 331 g/mol. The normalized spacial score (nSPS) is 10.4. The molecule has 0 fully saturated rings. The van der Waals surface area contributed by atoms with Crippen LogP contribution >= 0.6 is 0 Å². The maximum atomic E-state index is 11.8. The van der Waals surface area contributed by atoms with Crippen molar-refractivity contribution in [3.8, 4) is 5.69 Å². The van der Waals surface area contributed by atoms with Crippen molar-refractivity contribution in [2.24, 2.45) is 0 Å². The zero-order valence-corrected chi connectivity index (χ0v) is 14.3. The molecule has 1 heterocycles. The summed E-state index contributed by atoms with van der Waals surface area (Å²) in [4.78, 5) is 16.4. The quantitative estimate of drug-likeness (QED) is 0.701. The maximum absolute atomic E-state index is 11.8. The molecule has 3 rings (SSSR count). The number of rotatable bonds is 6. The van der Waals surface area contributed by atoms with Crippen LogP contribution in [0.3, 0.4) is 0 Å². The van der Waals surface area contributed by atoms with Gasteiger partial charge in [0.2, 0.25) is 5.91 Å². The van der Waals surface area contributed by atoms with Gasteiger partial charge in [0.1, 0.15) is 5.82 Å². The molecule has 3 aromatic rings. The zero-order chi connectivity index (χ0) is 17.6. The summed E-state index contributed by atoms with van der Waals surface area (Å²) in [6.45, 7) is 5.72. The molecule has 0 atom stereocenters. The van der Waals surface area contributed by atoms with E-state index in [1.807, 2.05) is 54.7 Å². The predicted octanol–water partition coefficient (Wildman–Crippen LogP) is 3.66. The molecule has 1 amide bonds. The van der Waals surface area contributed by atoms with Gasteiger partial charge < -0.3 is 5.32 Å². The highest BCUT2D eigenvalue weighted by molar-refractivity contribution is 5.91. The third-order valence-electron chi connectivity index (χ3n) is 3.95. The minimum atomic E-state index is -0.160. The average Bonchev–Trinajstić information content (AvgIpc) is 3.03. The Morgan fingerprint density at radius 1 is 1.08 bits per heavy atom. The van der Waals surface area contributed by atoms with E-state index in [0.717, 1.165) is 23.6 Å². The molecule has 0 radical (unpaired) electrons. The first kappa shape index (κ1) is 16.7. The Bertz CT molecular complexity index is 867. The van der Waals surface area contributed by atoms with Crippen LogP contribution in [-0.4, -0.2) is 15.5 Å². The number of nitrogens with zero attached hydrogens (tertiary/aromatic N) is 2. The van der Waals surface area contributed by atoms with Gasteiger partial charge in [-0.25, -0.2) is 4.98 Å². The van der Waals surface area contributed by atoms with Crippen LogP contribution in [0.1, 0.15) is 24.0 Å². The molecule has 1 aromatic heterocycles. The lowest BCUT2D eigenvalue weighted by Gasteiger charge is -2.13. The number of benzene rings is 2. The second-order valence-corrected chi connectivity index (χ2v) is 5.96. The van der Waals surface area contributed by atoms with Gasteiger partial charge in [-0.2, -0.15) is 0 Å². The molecule has 2 aromatic carbocycles. The van der Waals surface area contributed by atoms with Gasteiger partial charge in [0.05, 0.1) is 6.54 Å². The molecule has 0 unspecified atom stereocenters. The molecule has 0 bridgehead atoms. The van der Waals surface area contributed by atoms with Crippen LogP contribution in [0.25, 0.3) is 5.69 Å². The molecular weight excluding hydrogens is 310 g/mol. The number of para-hydroxylation sites is 1. The number of carbonyl (C=O) groups excluding carboxylic acids is 1. The summed E-state index contributed by atoms with van der Waals surface area (Å²) in [6, 6.07) is 20.3. The lowest BCUT2D eigenvalue weighted by atomic mass is 10.1. The Balaban J connectivity index is 1.93. The number of hydrogen-bond acceptors (Lipinski definition) is 2. The fraction of sp³-hybridized carbons (Fsp3) is 0.143. The molecule has 0 saturated carbocycles. The van der Waals surface area contributed by atoms with Gasteiger partial charge in [-0.05, 0) is 24.6 Å². The summed E-state index contributed by atoms with van der Waals surface area (Å²) in [6.07, 6.45) is 2.65. The smallest absolute Gasteiger partial charge is 0.246 e. The Morgan fingerprint density at radius 3 is 2.36 bits per heavy atom. The van der Waals surface area contributed by atoms with Crippen molar-refractivity contribution < 1.29 is 4.79 Å². The lowest BCUT2D eigenvalue weighted by molar-refractivity contribution is -0.117. The van der Waals surface area contributed by atoms with Crippen molar-refractivity contribution in [3.63, 3.8) is 0 Å². The molecule has 4 heteroatoms. The summed E-state index contributed by atoms with van der Waals surface area (Å²) in [5.41, 5.74) is 3.82. The van der Waals surface area contributed by atoms with Crippen LogP contribution in [0.5, 0.6) is 0 Å². The van der Waals surface area contributed by atoms with E-state index in [-0.39, 0.29) is 5.91 Å². The van der Waals surface area contributed by atoms with Crippen LogP contribution in [-0.2, 0) is 17.8 Å². The molecular formula is C21H21N3O. The highest BCUT2D eigenvalue weighted by Crippen LogP contribution is 2.18. The van der Waals surface area contributed by atoms with Crippen molar-refractivity contribution >= 4 is 5.91 Å². The molecule has 126 valence electrons. The molecule has 1 N–H and O–H groups in total. The van der Waals surface area contributed by atoms with E-state index in [1.165, 1.54) is 5.56 Å². The molecule has 4 nitrogen and oxygen atoms in total. The molecule has 0 spiro atoms. The molecule has 0 aliphatic heterocycles. The van der Waals surface area contributed by atoms with Gasteiger partial charge in [0.25, 0.3) is 0 Å². The first-order chi connectivity index (χ1) is 12.1. The number of nitrogens with one attached hydrogen (secondary N) is 1. The Kier molecular flexibility index (Phi) is 5.09. The van der Waals surface area contributed by atoms with Crippen molar-refractivity contribution in [1.29, 1.82) is 0 Å². The largest absolute Gasteiger partial charge is 0.345 e. The highest BCUT2D eigenvalue weighted by atomic mass is 16.1. The van der Waals surface area contributed by atoms with Crippen LogP contribution in [0.2, 0.25) is 0 Å². The lowest BCUT2D eigenvalue weighted by Crippen LogP contribution is -2.25. The SMILES string of the molecule is C=C(C)C(=O)NCc1ncc(Cc2ccccc2)n1-c1ccccc1. The molecule has 0 aliphatic rings. The standard InChI is InChI=1S/C21H21N3O/c1-16(2)21(25)23-15-20-22-14-19(13-17-9-5-3-6-10-17)24(20)18-11-7-4-8-12-18/h3-12,14H,1,13,15H2,2H3,(H,23,25). The summed E-state index contributed by atoms with van der Waals surface area (Å²) >= 11 is 0. The van der Waals surface area contributed by atoms with E-state index < -0.39 is 0 Å². The Hall–Kier alpha value is -3.14. The van der Waals surface area contributed by atoms with Crippen molar-refractivity contribution in [1.82, 2.24) is 14.9 Å². The number of aromatic nitrogens is 2. The summed E-state index contributed by atoms with van der Waals surface area (Å²) in [5.74, 6) is 0.638. The van der Waals surface area contributed by atoms with Gasteiger partial charge in [-0.3, -0.25) is 9.36 Å². The van der Waals surface area contributed by atoms with Crippen LogP contribution in [0, 0.1) is 0 Å². The number of imidazole rings is 1. The minimum Gasteiger partial charge on any atom is -0.345 e. The third-order valence-corrected chi connectivity index (χ3v) is 3.95. The zero-order valence-electron chi connectivity index (χ0n) is 14.3. The number of hydrogen-bond donors (Lipinski definition) is 1. The highest BCUT2D eigenvalue weighted by Gasteiger charge is 2.13. The topological polar surface area (TPSA) is 46.9 Å². The van der Waals surface area contributed by atoms with E-state index in [1.54, 1.807) is 6.92 Å². The van der Waals surface area contributed by atoms with E-state index >= 15 is 0 Å². The van der Waals surface area contributed by atoms with Crippen LogP contribution < -0.4 is 5.32 Å². The second-order valence-electron chi connectivity index (χ2n) is 5.96. The summed E-state index contributed by atoms with van der Waals surface area (Å²) < 4.78 is 2.10. The van der Waals surface area contributed by atoms with Gasteiger partial charge in [-0.1, -0.05) is 55.1 Å². The Labute approximate surface area is 147 Å². The third kappa shape index (κ3) is 4.04. The van der Waals surface area contributed by atoms with Gasteiger partial charge >= 0.3 is 0 Å². The Morgan fingerprint density at radius 2 is 1.72 bits per heavy atom. The molecule has 25 heavy (non-hydrogen) atoms. The minimum absolute atomic E-state index is 0.160. The van der Waals surface area contributed by atoms with E-state index in [2.05, 4.69) is 33.6 Å². The first-order valence-corrected chi connectivity index (χ1v) is 8.23. The van der Waals surface area contributed by atoms with E-state index in [0.29, 0.717) is 12.1 Å². The van der Waals surface area contributed by atoms with Crippen molar-refractivity contribution in [2.45, 2.75) is 19.9 Å². The van der Waals surface area contributed by atoms with E-state index in [9.17, 15) is 4.79 Å². The second kappa shape index (κ2) is 7.62. The average molecular weight is 331 g/mol. The summed E-state index contributed by atoms with van der Waals surface area (Å²) in [7, 11) is 0. The van der Waals surface area contributed by atoms with Gasteiger partial charge in [0.15, 0.2) is 0 Å². The predicted molar refractivity (Wildman–Crippen MR) is 99.5 cm³/mol. The number of amides is 1. The van der Waals surface area contributed by atoms with Crippen molar-refractivity contribution in [2.75, 3.05) is 0 Å². The van der Waals surface area contributed by atoms with E-state index in [4.69, 9.17) is 0 Å². The number of carbonyl (C=O) groups is 1. The van der Waals surface area contributed by atoms with Gasteiger partial charge in [-0.15, -0.1) is 0 Å².